The molecule has 0 amide bonds. The van der Waals surface area contributed by atoms with E-state index in [1.807, 2.05) is 0 Å². The van der Waals surface area contributed by atoms with E-state index in [9.17, 15) is 0 Å². The maximum atomic E-state index is 6.04. The van der Waals surface area contributed by atoms with Gasteiger partial charge in [-0.25, -0.2) is 0 Å². The van der Waals surface area contributed by atoms with E-state index in [2.05, 4.69) is 12.2 Å². The van der Waals surface area contributed by atoms with Crippen molar-refractivity contribution < 1.29 is 9.47 Å². The summed E-state index contributed by atoms with van der Waals surface area (Å²) in [5, 5.41) is 3.55. The second-order valence-corrected chi connectivity index (χ2v) is 5.42. The fraction of sp³-hybridized carbons (Fsp3) is 1.00. The molecule has 2 aliphatic heterocycles. The Bertz CT molecular complexity index is 204. The number of ether oxygens (including phenoxy) is 2. The Kier molecular flexibility index (Phi) is 5.75. The van der Waals surface area contributed by atoms with Gasteiger partial charge in [-0.1, -0.05) is 6.92 Å². The van der Waals surface area contributed by atoms with Gasteiger partial charge in [0.1, 0.15) is 0 Å². The highest BCUT2D eigenvalue weighted by Crippen LogP contribution is 2.30. The largest absolute Gasteiger partial charge is 0.381 e. The van der Waals surface area contributed by atoms with Crippen LogP contribution >= 0.6 is 0 Å². The minimum absolute atomic E-state index is 0.438. The molecule has 0 radical (unpaired) electrons. The molecule has 0 saturated carbocycles. The number of rotatable bonds is 5. The third-order valence-corrected chi connectivity index (χ3v) is 3.99. The lowest BCUT2D eigenvalue weighted by atomic mass is 9.83. The van der Waals surface area contributed by atoms with Crippen molar-refractivity contribution in [1.29, 1.82) is 0 Å². The van der Waals surface area contributed by atoms with Crippen LogP contribution in [0.4, 0.5) is 0 Å². The van der Waals surface area contributed by atoms with Gasteiger partial charge in [0, 0.05) is 25.7 Å². The molecule has 0 bridgehead atoms. The molecular formula is C14H27NO2. The van der Waals surface area contributed by atoms with Crippen molar-refractivity contribution in [3.8, 4) is 0 Å². The van der Waals surface area contributed by atoms with Crippen molar-refractivity contribution in [3.63, 3.8) is 0 Å². The van der Waals surface area contributed by atoms with E-state index in [4.69, 9.17) is 9.47 Å². The van der Waals surface area contributed by atoms with Crippen LogP contribution in [0.15, 0.2) is 0 Å². The summed E-state index contributed by atoms with van der Waals surface area (Å²) in [6, 6.07) is 0. The highest BCUT2D eigenvalue weighted by atomic mass is 16.5. The van der Waals surface area contributed by atoms with E-state index >= 15 is 0 Å². The molecule has 100 valence electrons. The molecule has 2 saturated heterocycles. The van der Waals surface area contributed by atoms with E-state index in [1.54, 1.807) is 0 Å². The zero-order valence-corrected chi connectivity index (χ0v) is 11.1. The van der Waals surface area contributed by atoms with E-state index in [0.717, 1.165) is 32.9 Å². The minimum Gasteiger partial charge on any atom is -0.381 e. The van der Waals surface area contributed by atoms with Crippen LogP contribution in [-0.4, -0.2) is 39.0 Å². The predicted molar refractivity (Wildman–Crippen MR) is 69.2 cm³/mol. The summed E-state index contributed by atoms with van der Waals surface area (Å²) in [5.74, 6) is 1.33. The highest BCUT2D eigenvalue weighted by Gasteiger charge is 2.33. The molecule has 1 N–H and O–H groups in total. The van der Waals surface area contributed by atoms with Crippen molar-refractivity contribution in [3.05, 3.63) is 0 Å². The molecule has 17 heavy (non-hydrogen) atoms. The van der Waals surface area contributed by atoms with Crippen LogP contribution in [0.2, 0.25) is 0 Å². The van der Waals surface area contributed by atoms with Crippen LogP contribution in [-0.2, 0) is 9.47 Å². The zero-order valence-electron chi connectivity index (χ0n) is 11.1. The first kappa shape index (κ1) is 13.3. The first-order valence-electron chi connectivity index (χ1n) is 7.32. The topological polar surface area (TPSA) is 30.5 Å². The average molecular weight is 241 g/mol. The van der Waals surface area contributed by atoms with Gasteiger partial charge in [-0.15, -0.1) is 0 Å². The van der Waals surface area contributed by atoms with Crippen molar-refractivity contribution in [2.75, 3.05) is 32.9 Å². The molecule has 3 nitrogen and oxygen atoms in total. The molecule has 2 fully saturated rings. The van der Waals surface area contributed by atoms with Gasteiger partial charge in [-0.2, -0.15) is 0 Å². The smallest absolute Gasteiger partial charge is 0.0665 e. The van der Waals surface area contributed by atoms with Gasteiger partial charge < -0.3 is 14.8 Å². The van der Waals surface area contributed by atoms with E-state index < -0.39 is 0 Å². The quantitative estimate of drug-likeness (QED) is 0.749. The summed E-state index contributed by atoms with van der Waals surface area (Å²) in [6.07, 6.45) is 6.69. The third-order valence-electron chi connectivity index (χ3n) is 3.99. The zero-order chi connectivity index (χ0) is 11.9. The maximum Gasteiger partial charge on any atom is 0.0665 e. The first-order chi connectivity index (χ1) is 8.42. The van der Waals surface area contributed by atoms with Crippen molar-refractivity contribution in [1.82, 2.24) is 5.32 Å². The molecule has 3 unspecified atom stereocenters. The van der Waals surface area contributed by atoms with Gasteiger partial charge in [0.05, 0.1) is 12.7 Å². The van der Waals surface area contributed by atoms with E-state index in [-0.39, 0.29) is 0 Å². The van der Waals surface area contributed by atoms with Crippen LogP contribution in [0.25, 0.3) is 0 Å². The Morgan fingerprint density at radius 1 is 1.18 bits per heavy atom. The molecule has 0 aromatic heterocycles. The van der Waals surface area contributed by atoms with Crippen molar-refractivity contribution >= 4 is 0 Å². The fourth-order valence-electron chi connectivity index (χ4n) is 3.09. The van der Waals surface area contributed by atoms with Crippen LogP contribution in [0.5, 0.6) is 0 Å². The highest BCUT2D eigenvalue weighted by molar-refractivity contribution is 4.83. The molecule has 3 atom stereocenters. The Morgan fingerprint density at radius 2 is 2.06 bits per heavy atom. The van der Waals surface area contributed by atoms with Crippen molar-refractivity contribution in [2.45, 2.75) is 45.1 Å². The summed E-state index contributed by atoms with van der Waals surface area (Å²) in [7, 11) is 0. The Labute approximate surface area is 105 Å². The molecule has 2 aliphatic rings. The van der Waals surface area contributed by atoms with Crippen molar-refractivity contribution in [2.24, 2.45) is 11.8 Å². The minimum atomic E-state index is 0.438. The Balaban J connectivity index is 1.82. The SMILES string of the molecule is CCCNCC1CCCOC1C1CCCOC1. The normalized spacial score (nSPS) is 34.8. The molecular weight excluding hydrogens is 214 g/mol. The summed E-state index contributed by atoms with van der Waals surface area (Å²) in [6.45, 7) is 7.28. The summed E-state index contributed by atoms with van der Waals surface area (Å²) in [4.78, 5) is 0. The molecule has 3 heteroatoms. The Morgan fingerprint density at radius 3 is 2.82 bits per heavy atom. The molecule has 2 rings (SSSR count). The van der Waals surface area contributed by atoms with Gasteiger partial charge in [-0.05, 0) is 44.6 Å². The van der Waals surface area contributed by atoms with Gasteiger partial charge in [-0.3, -0.25) is 0 Å². The Hall–Kier alpha value is -0.120. The molecule has 2 heterocycles. The summed E-state index contributed by atoms with van der Waals surface area (Å²) in [5.41, 5.74) is 0. The second-order valence-electron chi connectivity index (χ2n) is 5.42. The van der Waals surface area contributed by atoms with Gasteiger partial charge in [0.2, 0.25) is 0 Å². The number of hydrogen-bond donors (Lipinski definition) is 1. The molecule has 0 aromatic rings. The first-order valence-corrected chi connectivity index (χ1v) is 7.32. The second kappa shape index (κ2) is 7.34. The van der Waals surface area contributed by atoms with Gasteiger partial charge in [0.15, 0.2) is 0 Å². The van der Waals surface area contributed by atoms with E-state index in [0.29, 0.717) is 17.9 Å². The van der Waals surface area contributed by atoms with Gasteiger partial charge in [0.25, 0.3) is 0 Å². The maximum absolute atomic E-state index is 6.04. The number of hydrogen-bond acceptors (Lipinski definition) is 3. The summed E-state index contributed by atoms with van der Waals surface area (Å²) < 4.78 is 11.6. The average Bonchev–Trinajstić information content (AvgIpc) is 2.41. The lowest BCUT2D eigenvalue weighted by Crippen LogP contribution is -2.44. The molecule has 0 aliphatic carbocycles. The van der Waals surface area contributed by atoms with Gasteiger partial charge >= 0.3 is 0 Å². The predicted octanol–water partition coefficient (Wildman–Crippen LogP) is 2.21. The lowest BCUT2D eigenvalue weighted by Gasteiger charge is -2.38. The van der Waals surface area contributed by atoms with E-state index in [1.165, 1.54) is 32.1 Å². The van der Waals surface area contributed by atoms with Crippen LogP contribution in [0.3, 0.4) is 0 Å². The third kappa shape index (κ3) is 3.94. The molecule has 0 aromatic carbocycles. The van der Waals surface area contributed by atoms with Crippen LogP contribution < -0.4 is 5.32 Å². The molecule has 0 spiro atoms. The number of nitrogens with one attached hydrogen (secondary N) is 1. The summed E-state index contributed by atoms with van der Waals surface area (Å²) >= 11 is 0. The standard InChI is InChI=1S/C14H27NO2/c1-2-7-15-10-12-5-4-9-17-14(12)13-6-3-8-16-11-13/h12-15H,2-11H2,1H3. The fourth-order valence-corrected chi connectivity index (χ4v) is 3.09. The monoisotopic (exact) mass is 241 g/mol. The van der Waals surface area contributed by atoms with Crippen LogP contribution in [0, 0.1) is 11.8 Å². The lowest BCUT2D eigenvalue weighted by molar-refractivity contribution is -0.0951. The van der Waals surface area contributed by atoms with Crippen LogP contribution in [0.1, 0.15) is 39.0 Å².